The lowest BCUT2D eigenvalue weighted by Crippen LogP contribution is -2.38. The zero-order valence-corrected chi connectivity index (χ0v) is 12.9. The zero-order chi connectivity index (χ0) is 15.4. The molecule has 22 heavy (non-hydrogen) atoms. The Hall–Kier alpha value is -2.29. The van der Waals surface area contributed by atoms with Gasteiger partial charge in [-0.2, -0.15) is 0 Å². The first-order valence-corrected chi connectivity index (χ1v) is 7.88. The fourth-order valence-electron chi connectivity index (χ4n) is 2.87. The van der Waals surface area contributed by atoms with Crippen LogP contribution in [0.15, 0.2) is 48.5 Å². The molecular weight excluding hydrogens is 274 g/mol. The standard InChI is InChI=1S/C19H21NO2/c1-2-15-7-5-10-17(13-15)22-14-19(21)20-12-6-9-16-8-3-4-11-18(16)20/h3-5,7-8,10-11,13H,2,6,9,12,14H2,1H3. The number of anilines is 1. The maximum Gasteiger partial charge on any atom is 0.264 e. The number of para-hydroxylation sites is 1. The lowest BCUT2D eigenvalue weighted by molar-refractivity contribution is -0.120. The van der Waals surface area contributed by atoms with Gasteiger partial charge >= 0.3 is 0 Å². The van der Waals surface area contributed by atoms with Crippen LogP contribution < -0.4 is 9.64 Å². The van der Waals surface area contributed by atoms with Crippen LogP contribution in [0.1, 0.15) is 24.5 Å². The van der Waals surface area contributed by atoms with Crippen molar-refractivity contribution < 1.29 is 9.53 Å². The molecule has 1 heterocycles. The molecule has 0 radical (unpaired) electrons. The van der Waals surface area contributed by atoms with Crippen LogP contribution in [0.3, 0.4) is 0 Å². The summed E-state index contributed by atoms with van der Waals surface area (Å²) in [5.74, 6) is 0.784. The van der Waals surface area contributed by atoms with E-state index in [1.54, 1.807) is 0 Å². The topological polar surface area (TPSA) is 29.5 Å². The molecule has 0 N–H and O–H groups in total. The number of nitrogens with zero attached hydrogens (tertiary/aromatic N) is 1. The van der Waals surface area contributed by atoms with Gasteiger partial charge in [-0.1, -0.05) is 37.3 Å². The van der Waals surface area contributed by atoms with E-state index >= 15 is 0 Å². The number of hydrogen-bond acceptors (Lipinski definition) is 2. The van der Waals surface area contributed by atoms with E-state index in [0.29, 0.717) is 0 Å². The van der Waals surface area contributed by atoms with Gasteiger partial charge in [0.2, 0.25) is 0 Å². The van der Waals surface area contributed by atoms with E-state index in [-0.39, 0.29) is 12.5 Å². The first-order valence-electron chi connectivity index (χ1n) is 7.88. The second kappa shape index (κ2) is 6.65. The Kier molecular flexibility index (Phi) is 4.42. The average Bonchev–Trinajstić information content (AvgIpc) is 2.59. The number of rotatable bonds is 4. The van der Waals surface area contributed by atoms with Crippen molar-refractivity contribution in [3.8, 4) is 5.75 Å². The quantitative estimate of drug-likeness (QED) is 0.862. The van der Waals surface area contributed by atoms with Crippen LogP contribution >= 0.6 is 0 Å². The number of hydrogen-bond donors (Lipinski definition) is 0. The third-order valence-electron chi connectivity index (χ3n) is 4.08. The predicted octanol–water partition coefficient (Wildman–Crippen LogP) is 3.61. The van der Waals surface area contributed by atoms with E-state index < -0.39 is 0 Å². The number of fused-ring (bicyclic) bond motifs is 1. The Bertz CT molecular complexity index is 666. The van der Waals surface area contributed by atoms with Crippen molar-refractivity contribution in [3.63, 3.8) is 0 Å². The fourth-order valence-corrected chi connectivity index (χ4v) is 2.87. The highest BCUT2D eigenvalue weighted by Gasteiger charge is 2.22. The molecule has 1 aliphatic heterocycles. The molecular formula is C19H21NO2. The van der Waals surface area contributed by atoms with Crippen molar-refractivity contribution in [1.82, 2.24) is 0 Å². The van der Waals surface area contributed by atoms with Crippen molar-refractivity contribution in [2.24, 2.45) is 0 Å². The molecule has 0 saturated heterocycles. The molecule has 0 atom stereocenters. The van der Waals surface area contributed by atoms with Crippen molar-refractivity contribution >= 4 is 11.6 Å². The molecule has 3 heteroatoms. The fraction of sp³-hybridized carbons (Fsp3) is 0.316. The molecule has 0 unspecified atom stereocenters. The molecule has 0 fully saturated rings. The molecule has 3 nitrogen and oxygen atoms in total. The highest BCUT2D eigenvalue weighted by atomic mass is 16.5. The molecule has 114 valence electrons. The lowest BCUT2D eigenvalue weighted by Gasteiger charge is -2.29. The number of carbonyl (C=O) groups is 1. The minimum Gasteiger partial charge on any atom is -0.484 e. The third-order valence-corrected chi connectivity index (χ3v) is 4.08. The van der Waals surface area contributed by atoms with Crippen molar-refractivity contribution in [2.45, 2.75) is 26.2 Å². The Morgan fingerprint density at radius 3 is 2.91 bits per heavy atom. The third kappa shape index (κ3) is 3.14. The maximum atomic E-state index is 12.5. The van der Waals surface area contributed by atoms with E-state index in [0.717, 1.165) is 37.2 Å². The number of benzene rings is 2. The molecule has 0 spiro atoms. The van der Waals surface area contributed by atoms with Gasteiger partial charge < -0.3 is 9.64 Å². The van der Waals surface area contributed by atoms with E-state index in [2.05, 4.69) is 19.1 Å². The Balaban J connectivity index is 1.68. The summed E-state index contributed by atoms with van der Waals surface area (Å²) in [7, 11) is 0. The Morgan fingerprint density at radius 2 is 2.05 bits per heavy atom. The number of ether oxygens (including phenoxy) is 1. The second-order valence-electron chi connectivity index (χ2n) is 5.57. The number of aryl methyl sites for hydroxylation is 2. The number of carbonyl (C=O) groups excluding carboxylic acids is 1. The highest BCUT2D eigenvalue weighted by Crippen LogP contribution is 2.26. The van der Waals surface area contributed by atoms with E-state index in [4.69, 9.17) is 4.74 Å². The minimum atomic E-state index is 0.0223. The van der Waals surface area contributed by atoms with Crippen LogP contribution in [0.25, 0.3) is 0 Å². The first kappa shape index (κ1) is 14.6. The van der Waals surface area contributed by atoms with Crippen LogP contribution in [-0.2, 0) is 17.6 Å². The average molecular weight is 295 g/mol. The van der Waals surface area contributed by atoms with Crippen LogP contribution in [0.5, 0.6) is 5.75 Å². The van der Waals surface area contributed by atoms with Gasteiger partial charge in [0.25, 0.3) is 5.91 Å². The summed E-state index contributed by atoms with van der Waals surface area (Å²) in [6, 6.07) is 16.1. The molecule has 0 aromatic heterocycles. The summed E-state index contributed by atoms with van der Waals surface area (Å²) in [5, 5.41) is 0. The van der Waals surface area contributed by atoms with Crippen LogP contribution in [0.4, 0.5) is 5.69 Å². The molecule has 3 rings (SSSR count). The molecule has 1 amide bonds. The van der Waals surface area contributed by atoms with Crippen LogP contribution in [-0.4, -0.2) is 19.1 Å². The van der Waals surface area contributed by atoms with Crippen molar-refractivity contribution in [2.75, 3.05) is 18.1 Å². The van der Waals surface area contributed by atoms with E-state index in [9.17, 15) is 4.79 Å². The van der Waals surface area contributed by atoms with Crippen molar-refractivity contribution in [3.05, 3.63) is 59.7 Å². The zero-order valence-electron chi connectivity index (χ0n) is 12.9. The van der Waals surface area contributed by atoms with E-state index in [1.807, 2.05) is 41.3 Å². The predicted molar refractivity (Wildman–Crippen MR) is 88.4 cm³/mol. The molecule has 0 saturated carbocycles. The maximum absolute atomic E-state index is 12.5. The van der Waals surface area contributed by atoms with Crippen molar-refractivity contribution in [1.29, 1.82) is 0 Å². The molecule has 0 aliphatic carbocycles. The summed E-state index contributed by atoms with van der Waals surface area (Å²) in [4.78, 5) is 14.3. The van der Waals surface area contributed by atoms with Gasteiger partial charge in [0, 0.05) is 12.2 Å². The van der Waals surface area contributed by atoms with Gasteiger partial charge in [0.05, 0.1) is 0 Å². The molecule has 2 aromatic carbocycles. The van der Waals surface area contributed by atoms with Gasteiger partial charge in [-0.3, -0.25) is 4.79 Å². The van der Waals surface area contributed by atoms with Crippen LogP contribution in [0, 0.1) is 0 Å². The lowest BCUT2D eigenvalue weighted by atomic mass is 10.0. The normalized spacial score (nSPS) is 13.6. The largest absolute Gasteiger partial charge is 0.484 e. The van der Waals surface area contributed by atoms with Crippen LogP contribution in [0.2, 0.25) is 0 Å². The van der Waals surface area contributed by atoms with Gasteiger partial charge in [0.15, 0.2) is 6.61 Å². The van der Waals surface area contributed by atoms with Gasteiger partial charge in [-0.05, 0) is 48.6 Å². The summed E-state index contributed by atoms with van der Waals surface area (Å²) in [5.41, 5.74) is 3.49. The summed E-state index contributed by atoms with van der Waals surface area (Å²) >= 11 is 0. The Labute approximate surface area is 131 Å². The SMILES string of the molecule is CCc1cccc(OCC(=O)N2CCCc3ccccc32)c1. The molecule has 2 aromatic rings. The second-order valence-corrected chi connectivity index (χ2v) is 5.57. The molecule has 0 bridgehead atoms. The smallest absolute Gasteiger partial charge is 0.264 e. The first-order chi connectivity index (χ1) is 10.8. The number of amides is 1. The summed E-state index contributed by atoms with van der Waals surface area (Å²) in [6.07, 6.45) is 3.01. The van der Waals surface area contributed by atoms with Gasteiger partial charge in [-0.15, -0.1) is 0 Å². The summed E-state index contributed by atoms with van der Waals surface area (Å²) < 4.78 is 5.69. The molecule has 1 aliphatic rings. The highest BCUT2D eigenvalue weighted by molar-refractivity contribution is 5.95. The van der Waals surface area contributed by atoms with Gasteiger partial charge in [-0.25, -0.2) is 0 Å². The van der Waals surface area contributed by atoms with Gasteiger partial charge in [0.1, 0.15) is 5.75 Å². The monoisotopic (exact) mass is 295 g/mol. The summed E-state index contributed by atoms with van der Waals surface area (Å²) in [6.45, 7) is 2.96. The minimum absolute atomic E-state index is 0.0223. The van der Waals surface area contributed by atoms with E-state index in [1.165, 1.54) is 11.1 Å². The Morgan fingerprint density at radius 1 is 1.18 bits per heavy atom.